The first-order chi connectivity index (χ1) is 14.4. The van der Waals surface area contributed by atoms with Gasteiger partial charge in [0.15, 0.2) is 0 Å². The number of ether oxygens (including phenoxy) is 2. The fraction of sp³-hybridized carbons (Fsp3) is 0.864. The summed E-state index contributed by atoms with van der Waals surface area (Å²) < 4.78 is 9.43. The molecule has 178 valence electrons. The summed E-state index contributed by atoms with van der Waals surface area (Å²) in [4.78, 5) is 34.9. The summed E-state index contributed by atoms with van der Waals surface area (Å²) in [7, 11) is 0. The Morgan fingerprint density at radius 3 is 1.87 bits per heavy atom. The topological polar surface area (TPSA) is 136 Å². The second kappa shape index (κ2) is 23.3. The molecule has 0 saturated heterocycles. The average molecular weight is 472 g/mol. The van der Waals surface area contributed by atoms with E-state index >= 15 is 0 Å². The van der Waals surface area contributed by atoms with Crippen molar-refractivity contribution in [2.45, 2.75) is 109 Å². The second-order valence-corrected chi connectivity index (χ2v) is 7.74. The first-order valence-corrected chi connectivity index (χ1v) is 11.3. The average Bonchev–Trinajstić information content (AvgIpc) is 2.73. The molecule has 0 spiro atoms. The minimum absolute atomic E-state index is 0. The number of carbonyl (C=O) groups excluding carboxylic acids is 3. The number of rotatable bonds is 19. The SMILES string of the molecule is CCCCCCCCCCCCCC(=O)OC(=O)CC[C@H](N)C(=O)OCC(O)CO.[H-].[K+]. The van der Waals surface area contributed by atoms with Crippen LogP contribution in [0.2, 0.25) is 0 Å². The quantitative estimate of drug-likeness (QED) is 0.103. The zero-order valence-electron chi connectivity index (χ0n) is 20.5. The molecule has 0 fully saturated rings. The second-order valence-electron chi connectivity index (χ2n) is 7.74. The smallest absolute Gasteiger partial charge is 1.00 e. The van der Waals surface area contributed by atoms with Crippen molar-refractivity contribution in [2.75, 3.05) is 13.2 Å². The zero-order valence-corrected chi connectivity index (χ0v) is 22.6. The molecule has 0 amide bonds. The first-order valence-electron chi connectivity index (χ1n) is 11.3. The fourth-order valence-corrected chi connectivity index (χ4v) is 2.89. The molecular weight excluding hydrogens is 429 g/mol. The molecule has 0 aromatic heterocycles. The van der Waals surface area contributed by atoms with Crippen LogP contribution in [0.4, 0.5) is 0 Å². The Balaban J connectivity index is -0.00000420. The zero-order chi connectivity index (χ0) is 22.6. The van der Waals surface area contributed by atoms with Gasteiger partial charge in [-0.1, -0.05) is 71.1 Å². The van der Waals surface area contributed by atoms with Crippen LogP contribution in [0, 0.1) is 0 Å². The summed E-state index contributed by atoms with van der Waals surface area (Å²) in [5.41, 5.74) is 5.59. The minimum Gasteiger partial charge on any atom is -1.00 e. The molecule has 0 radical (unpaired) electrons. The van der Waals surface area contributed by atoms with Crippen LogP contribution in [0.5, 0.6) is 0 Å². The Bertz CT molecular complexity index is 483. The van der Waals surface area contributed by atoms with E-state index in [1.807, 2.05) is 0 Å². The Kier molecular flexibility index (Phi) is 25.0. The minimum atomic E-state index is -1.17. The normalized spacial score (nSPS) is 12.5. The van der Waals surface area contributed by atoms with Gasteiger partial charge in [0.25, 0.3) is 0 Å². The van der Waals surface area contributed by atoms with Crippen molar-refractivity contribution in [2.24, 2.45) is 5.73 Å². The molecule has 0 aliphatic carbocycles. The van der Waals surface area contributed by atoms with Crippen molar-refractivity contribution in [3.63, 3.8) is 0 Å². The van der Waals surface area contributed by atoms with E-state index in [1.165, 1.54) is 51.4 Å². The van der Waals surface area contributed by atoms with Crippen molar-refractivity contribution in [3.05, 3.63) is 0 Å². The fourth-order valence-electron chi connectivity index (χ4n) is 2.89. The first kappa shape index (κ1) is 33.3. The molecule has 2 atom stereocenters. The van der Waals surface area contributed by atoms with Gasteiger partial charge in [-0.2, -0.15) is 0 Å². The van der Waals surface area contributed by atoms with Crippen molar-refractivity contribution < 1.29 is 86.9 Å². The van der Waals surface area contributed by atoms with Gasteiger partial charge < -0.3 is 26.8 Å². The summed E-state index contributed by atoms with van der Waals surface area (Å²) in [6.07, 6.45) is 11.8. The molecular formula is C22H42KNO7. The van der Waals surface area contributed by atoms with Gasteiger partial charge in [0.05, 0.1) is 6.61 Å². The van der Waals surface area contributed by atoms with E-state index in [-0.39, 0.29) is 78.7 Å². The van der Waals surface area contributed by atoms with Crippen LogP contribution in [0.25, 0.3) is 0 Å². The molecule has 0 aliphatic rings. The number of esters is 3. The number of carbonyl (C=O) groups is 3. The van der Waals surface area contributed by atoms with E-state index in [9.17, 15) is 14.4 Å². The third-order valence-corrected chi connectivity index (χ3v) is 4.80. The number of aliphatic hydroxyl groups is 2. The summed E-state index contributed by atoms with van der Waals surface area (Å²) in [5.74, 6) is -2.07. The number of nitrogens with two attached hydrogens (primary N) is 1. The van der Waals surface area contributed by atoms with Crippen molar-refractivity contribution in [1.29, 1.82) is 0 Å². The molecule has 0 rings (SSSR count). The van der Waals surface area contributed by atoms with Gasteiger partial charge >= 0.3 is 69.3 Å². The third kappa shape index (κ3) is 21.7. The van der Waals surface area contributed by atoms with Crippen LogP contribution in [-0.2, 0) is 23.9 Å². The van der Waals surface area contributed by atoms with Crippen LogP contribution in [0.1, 0.15) is 98.2 Å². The molecule has 0 aromatic carbocycles. The van der Waals surface area contributed by atoms with Crippen molar-refractivity contribution in [1.82, 2.24) is 0 Å². The molecule has 0 bridgehead atoms. The van der Waals surface area contributed by atoms with E-state index in [2.05, 4.69) is 6.92 Å². The largest absolute Gasteiger partial charge is 1.00 e. The monoisotopic (exact) mass is 471 g/mol. The molecule has 8 nitrogen and oxygen atoms in total. The standard InChI is InChI=1S/C22H41NO7.K.H/c1-2-3-4-5-6-7-8-9-10-11-12-13-20(26)30-21(27)15-14-19(23)22(28)29-17-18(25)16-24;;/h18-19,24-25H,2-17,23H2,1H3;;/q;+1;-1/t18?,19-;;/m0../s1. The molecule has 0 aromatic rings. The molecule has 1 unspecified atom stereocenters. The molecule has 0 aliphatic heterocycles. The molecule has 0 heterocycles. The van der Waals surface area contributed by atoms with Gasteiger partial charge in [-0.3, -0.25) is 14.4 Å². The van der Waals surface area contributed by atoms with Crippen molar-refractivity contribution in [3.8, 4) is 0 Å². The summed E-state index contributed by atoms with van der Waals surface area (Å²) in [6.45, 7) is 1.32. The maximum absolute atomic E-state index is 11.7. The van der Waals surface area contributed by atoms with Crippen molar-refractivity contribution >= 4 is 17.9 Å². The summed E-state index contributed by atoms with van der Waals surface area (Å²) in [5, 5.41) is 17.7. The Hall–Kier alpha value is 0.126. The van der Waals surface area contributed by atoms with E-state index in [4.69, 9.17) is 25.4 Å². The third-order valence-electron chi connectivity index (χ3n) is 4.80. The van der Waals surface area contributed by atoms with E-state index in [1.54, 1.807) is 0 Å². The number of unbranched alkanes of at least 4 members (excludes halogenated alkanes) is 10. The summed E-state index contributed by atoms with van der Waals surface area (Å²) >= 11 is 0. The predicted octanol–water partition coefficient (Wildman–Crippen LogP) is -0.122. The number of hydrogen-bond acceptors (Lipinski definition) is 8. The molecule has 31 heavy (non-hydrogen) atoms. The molecule has 0 saturated carbocycles. The number of hydrogen-bond donors (Lipinski definition) is 3. The van der Waals surface area contributed by atoms with Gasteiger partial charge in [-0.15, -0.1) is 0 Å². The van der Waals surface area contributed by atoms with E-state index in [0.717, 1.165) is 12.8 Å². The van der Waals surface area contributed by atoms with Gasteiger partial charge in [0.2, 0.25) is 0 Å². The number of aliphatic hydroxyl groups excluding tert-OH is 2. The molecule has 4 N–H and O–H groups in total. The van der Waals surface area contributed by atoms with Gasteiger partial charge in [0, 0.05) is 12.8 Å². The van der Waals surface area contributed by atoms with Crippen LogP contribution in [0.15, 0.2) is 0 Å². The Labute approximate surface area is 230 Å². The predicted molar refractivity (Wildman–Crippen MR) is 115 cm³/mol. The molecule has 9 heteroatoms. The van der Waals surface area contributed by atoms with Gasteiger partial charge in [-0.25, -0.2) is 0 Å². The Morgan fingerprint density at radius 2 is 1.35 bits per heavy atom. The van der Waals surface area contributed by atoms with Crippen LogP contribution in [0.3, 0.4) is 0 Å². The van der Waals surface area contributed by atoms with Crippen LogP contribution in [-0.4, -0.2) is 53.5 Å². The van der Waals surface area contributed by atoms with Gasteiger partial charge in [-0.05, 0) is 12.8 Å². The van der Waals surface area contributed by atoms with E-state index < -0.39 is 36.7 Å². The Morgan fingerprint density at radius 1 is 0.871 bits per heavy atom. The van der Waals surface area contributed by atoms with E-state index in [0.29, 0.717) is 6.42 Å². The van der Waals surface area contributed by atoms with Gasteiger partial charge in [0.1, 0.15) is 18.8 Å². The maximum Gasteiger partial charge on any atom is 1.00 e. The maximum atomic E-state index is 11.7. The summed E-state index contributed by atoms with van der Waals surface area (Å²) in [6, 6.07) is -1.06. The van der Waals surface area contributed by atoms with Crippen LogP contribution >= 0.6 is 0 Å². The van der Waals surface area contributed by atoms with Crippen LogP contribution < -0.4 is 57.1 Å².